The summed E-state index contributed by atoms with van der Waals surface area (Å²) in [5, 5.41) is 4.84. The van der Waals surface area contributed by atoms with Crippen molar-refractivity contribution in [3.05, 3.63) is 472 Å². The predicted octanol–water partition coefficient (Wildman–Crippen LogP) is 30.9. The summed E-state index contributed by atoms with van der Waals surface area (Å²) in [6, 6.07) is 142. The number of para-hydroxylation sites is 4. The number of fused-ring (bicyclic) bond motifs is 6. The molecule has 16 aromatic carbocycles. The van der Waals surface area contributed by atoms with E-state index < -0.39 is 23.3 Å². The summed E-state index contributed by atoms with van der Waals surface area (Å²) in [6.07, 6.45) is 7.28. The van der Waals surface area contributed by atoms with Gasteiger partial charge in [-0.3, -0.25) is 13.2 Å². The summed E-state index contributed by atoms with van der Waals surface area (Å²) in [5.41, 5.74) is 33.4. The fraction of sp³-hybridized carbons (Fsp3) is 0.0169. The average Bonchev–Trinajstić information content (AvgIpc) is 1.58. The van der Waals surface area contributed by atoms with Gasteiger partial charge in [0.1, 0.15) is 5.82 Å². The molecule has 0 saturated heterocycles. The molecule has 0 fully saturated rings. The molecule has 6 nitrogen and oxygen atoms in total. The molecule has 626 valence electrons. The molecule has 0 aliphatic rings. The largest absolute Gasteiger partial charge is 0.309 e. The van der Waals surface area contributed by atoms with E-state index in [2.05, 4.69) is 318 Å². The molecule has 22 rings (SSSR count). The van der Waals surface area contributed by atoms with Crippen LogP contribution in [0.25, 0.3) is 211 Å². The molecule has 0 bridgehead atoms. The summed E-state index contributed by atoms with van der Waals surface area (Å²) in [4.78, 5) is 19.3. The van der Waals surface area contributed by atoms with Gasteiger partial charge in [0.2, 0.25) is 0 Å². The summed E-state index contributed by atoms with van der Waals surface area (Å²) < 4.78 is 62.6. The molecule has 0 saturated carbocycles. The normalized spacial score (nSPS) is 11.2. The van der Waals surface area contributed by atoms with Gasteiger partial charge in [-0.1, -0.05) is 254 Å². The van der Waals surface area contributed by atoms with E-state index in [1.165, 1.54) is 39.7 Å². The summed E-state index contributed by atoms with van der Waals surface area (Å²) in [7, 11) is 0. The van der Waals surface area contributed by atoms with E-state index >= 15 is 4.39 Å². The maximum Gasteiger partial charge on any atom is 0.125 e. The zero-order valence-corrected chi connectivity index (χ0v) is 74.9. The number of hydrogen-bond acceptors (Lipinski definition) is 4. The third-order valence-corrected chi connectivity index (χ3v) is 23.9. The number of nitrogens with zero attached hydrogens (tertiary/aromatic N) is 6. The zero-order valence-electron chi connectivity index (χ0n) is 70.1. The van der Waals surface area contributed by atoms with Crippen LogP contribution in [0.1, 0.15) is 11.1 Å². The molecule has 2 radical (unpaired) electrons. The Morgan fingerprint density at radius 1 is 0.231 bits per heavy atom. The second-order valence-corrected chi connectivity index (χ2v) is 31.9. The molecule has 0 spiro atoms. The Hall–Kier alpha value is -15.3. The van der Waals surface area contributed by atoms with Gasteiger partial charge in [-0.05, 0) is 209 Å². The van der Waals surface area contributed by atoms with Crippen LogP contribution in [0.5, 0.6) is 0 Å². The first-order chi connectivity index (χ1) is 62.9. The first-order valence-corrected chi connectivity index (χ1v) is 42.3. The van der Waals surface area contributed by atoms with Crippen molar-refractivity contribution in [1.29, 1.82) is 0 Å². The summed E-state index contributed by atoms with van der Waals surface area (Å²) in [6.45, 7) is 4.21. The molecular formula is C118H74F4Ir2N6-4. The number of aryl methyl sites for hydroxylation is 2. The van der Waals surface area contributed by atoms with Crippen LogP contribution in [0, 0.1) is 61.4 Å². The van der Waals surface area contributed by atoms with Gasteiger partial charge in [0.05, 0.1) is 22.1 Å². The van der Waals surface area contributed by atoms with Crippen LogP contribution in [0.4, 0.5) is 17.6 Å². The number of benzene rings is 16. The number of aromatic nitrogens is 6. The second kappa shape index (κ2) is 36.6. The second-order valence-electron chi connectivity index (χ2n) is 31.9. The van der Waals surface area contributed by atoms with Crippen LogP contribution >= 0.6 is 0 Å². The van der Waals surface area contributed by atoms with Crippen LogP contribution in [0.3, 0.4) is 0 Å². The molecule has 0 aliphatic heterocycles. The van der Waals surface area contributed by atoms with Gasteiger partial charge >= 0.3 is 0 Å². The maximum absolute atomic E-state index is 16.1. The van der Waals surface area contributed by atoms with Crippen molar-refractivity contribution in [2.75, 3.05) is 0 Å². The van der Waals surface area contributed by atoms with E-state index in [1.54, 1.807) is 24.5 Å². The molecule has 0 amide bonds. The molecule has 12 heteroatoms. The van der Waals surface area contributed by atoms with Gasteiger partial charge < -0.3 is 29.1 Å². The molecule has 0 unspecified atom stereocenters. The molecule has 0 atom stereocenters. The third-order valence-electron chi connectivity index (χ3n) is 23.9. The van der Waals surface area contributed by atoms with Crippen molar-refractivity contribution in [2.45, 2.75) is 13.8 Å². The summed E-state index contributed by atoms with van der Waals surface area (Å²) in [5.74, 6) is -2.21. The Labute approximate surface area is 777 Å². The van der Waals surface area contributed by atoms with E-state index in [1.807, 2.05) is 97.3 Å². The minimum absolute atomic E-state index is 0. The van der Waals surface area contributed by atoms with Crippen molar-refractivity contribution in [2.24, 2.45) is 0 Å². The topological polar surface area (TPSA) is 61.4 Å². The number of rotatable bonds is 16. The van der Waals surface area contributed by atoms with Gasteiger partial charge in [-0.2, -0.15) is 0 Å². The minimum Gasteiger partial charge on any atom is -0.309 e. The van der Waals surface area contributed by atoms with E-state index in [9.17, 15) is 13.2 Å². The molecule has 130 heavy (non-hydrogen) atoms. The van der Waals surface area contributed by atoms with Crippen LogP contribution < -0.4 is 0 Å². The van der Waals surface area contributed by atoms with Crippen molar-refractivity contribution < 1.29 is 57.8 Å². The van der Waals surface area contributed by atoms with E-state index in [0.717, 1.165) is 185 Å². The Morgan fingerprint density at radius 2 is 0.623 bits per heavy atom. The molecular weight excluding hydrogens is 1960 g/mol. The van der Waals surface area contributed by atoms with Gasteiger partial charge in [0.15, 0.2) is 0 Å². The maximum atomic E-state index is 16.1. The molecule has 0 N–H and O–H groups in total. The van der Waals surface area contributed by atoms with Crippen LogP contribution in [0.2, 0.25) is 0 Å². The standard InChI is InChI=1S/2C59H37F2N3.2Ir/c1-38-30-42(47-19-9-8-18-46(47)41-25-29-56(62-36-41)52-28-26-44(60)34-55(52)61)32-43(31-38)48-20-10-11-21-49(48)54-37-63-57(39-14-4-2-5-15-39)35-53(54)40-24-27-51-50-22-12-13-23-58(50)64(59(51)33-40)45-16-6-3-7-17-45;1-38-31-42(33-43(32-38)47-16-6-8-18-49(47)54-37-63-57(35-55(54)61)41-23-27-44(60)28-24-41)46-15-5-7-17-48(46)53-36-62-56(40-13-3-2-4-14-40)34-52(53)39-25-29-45(30-26-39)64-58-21-11-9-19-50(58)51-20-10-12-22-59(51)64;;/h2-14,16-27,29-37H,1H3;2-13,15-23,25-37H,1H3;;/q2*-2;;. The van der Waals surface area contributed by atoms with Crippen molar-refractivity contribution in [1.82, 2.24) is 29.1 Å². The quantitative estimate of drug-likeness (QED) is 0.0714. The monoisotopic (exact) mass is 2040 g/mol. The number of hydrogen-bond donors (Lipinski definition) is 0. The first-order valence-electron chi connectivity index (χ1n) is 42.3. The SMILES string of the molecule is Cc1cc(-c2ccccc2-c2ccc(-c3[c-]cc(F)cc3F)nc2)cc(-c2ccccc2-c2cnc(-c3[c-]cccc3)cc2-c2ccc3c4ccccc4n(-c4ccccc4)c3c2)c1.Cc1cc(-c2ccccc2-c2cnc(-c3[c-]cc(F)cc3)cc2F)cc(-c2ccccc2-c2cnc(-c3[c-]cccc3)cc2-c2ccc(-n3c4ccccc4c4ccccc43)cc2)c1.[Ir].[Ir]. The molecule has 6 aromatic heterocycles. The van der Waals surface area contributed by atoms with Crippen LogP contribution in [0.15, 0.2) is 413 Å². The van der Waals surface area contributed by atoms with E-state index in [0.29, 0.717) is 22.5 Å². The van der Waals surface area contributed by atoms with Gasteiger partial charge in [-0.15, -0.1) is 114 Å². The van der Waals surface area contributed by atoms with Gasteiger partial charge in [-0.25, -0.2) is 4.39 Å². The number of halogens is 4. The predicted molar refractivity (Wildman–Crippen MR) is 513 cm³/mol. The molecule has 6 heterocycles. The number of pyridine rings is 4. The average molecular weight is 2040 g/mol. The molecule has 0 aliphatic carbocycles. The Balaban J connectivity index is 0.000000166. The van der Waals surface area contributed by atoms with E-state index in [4.69, 9.17) is 9.97 Å². The molecule has 22 aromatic rings. The Bertz CT molecular complexity index is 7940. The fourth-order valence-corrected chi connectivity index (χ4v) is 18.0. The third kappa shape index (κ3) is 16.4. The zero-order chi connectivity index (χ0) is 86.3. The Kier molecular flexibility index (Phi) is 23.7. The fourth-order valence-electron chi connectivity index (χ4n) is 18.0. The van der Waals surface area contributed by atoms with Crippen molar-refractivity contribution in [3.8, 4) is 168 Å². The summed E-state index contributed by atoms with van der Waals surface area (Å²) >= 11 is 0. The van der Waals surface area contributed by atoms with Gasteiger partial charge in [0, 0.05) is 132 Å². The van der Waals surface area contributed by atoms with Crippen molar-refractivity contribution >= 4 is 43.6 Å². The Morgan fingerprint density at radius 3 is 1.10 bits per heavy atom. The van der Waals surface area contributed by atoms with Crippen molar-refractivity contribution in [3.63, 3.8) is 0 Å². The smallest absolute Gasteiger partial charge is 0.125 e. The van der Waals surface area contributed by atoms with E-state index in [-0.39, 0.29) is 45.8 Å². The minimum atomic E-state index is -0.699. The first kappa shape index (κ1) is 84.2. The van der Waals surface area contributed by atoms with Crippen LogP contribution in [-0.4, -0.2) is 29.1 Å². The van der Waals surface area contributed by atoms with Gasteiger partial charge in [0.25, 0.3) is 0 Å². The van der Waals surface area contributed by atoms with Crippen LogP contribution in [-0.2, 0) is 40.2 Å².